The molecule has 0 bridgehead atoms. The minimum absolute atomic E-state index is 0.101. The SMILES string of the molecule is CC(C)NNC(=O)CCCCCC(C)(C)C. The first kappa shape index (κ1) is 15.4. The van der Waals surface area contributed by atoms with E-state index in [1.807, 2.05) is 13.8 Å². The average molecular weight is 228 g/mol. The minimum atomic E-state index is 0.101. The summed E-state index contributed by atoms with van der Waals surface area (Å²) in [5.74, 6) is 0.101. The maximum Gasteiger partial charge on any atom is 0.234 e. The normalized spacial score (nSPS) is 11.9. The van der Waals surface area contributed by atoms with Gasteiger partial charge < -0.3 is 0 Å². The molecule has 0 aliphatic heterocycles. The van der Waals surface area contributed by atoms with Crippen molar-refractivity contribution < 1.29 is 4.79 Å². The lowest BCUT2D eigenvalue weighted by atomic mass is 9.89. The van der Waals surface area contributed by atoms with E-state index in [4.69, 9.17) is 0 Å². The Labute approximate surface area is 100 Å². The number of hydrogen-bond donors (Lipinski definition) is 2. The van der Waals surface area contributed by atoms with Gasteiger partial charge in [0.1, 0.15) is 0 Å². The zero-order chi connectivity index (χ0) is 12.6. The Hall–Kier alpha value is -0.570. The molecule has 0 aliphatic carbocycles. The monoisotopic (exact) mass is 228 g/mol. The third kappa shape index (κ3) is 11.5. The number of amides is 1. The van der Waals surface area contributed by atoms with E-state index < -0.39 is 0 Å². The van der Waals surface area contributed by atoms with E-state index in [0.29, 0.717) is 17.9 Å². The molecule has 1 amide bonds. The molecule has 0 saturated carbocycles. The Bertz CT molecular complexity index is 195. The van der Waals surface area contributed by atoms with Gasteiger partial charge in [-0.15, -0.1) is 0 Å². The first-order valence-corrected chi connectivity index (χ1v) is 6.35. The van der Waals surface area contributed by atoms with E-state index in [-0.39, 0.29) is 5.91 Å². The van der Waals surface area contributed by atoms with Gasteiger partial charge >= 0.3 is 0 Å². The average Bonchev–Trinajstić information content (AvgIpc) is 2.12. The standard InChI is InChI=1S/C13H28N2O/c1-11(2)14-15-12(16)9-7-6-8-10-13(3,4)5/h11,14H,6-10H2,1-5H3,(H,15,16). The first-order chi connectivity index (χ1) is 7.31. The summed E-state index contributed by atoms with van der Waals surface area (Å²) in [6, 6.07) is 0.296. The number of hydrogen-bond acceptors (Lipinski definition) is 2. The Balaban J connectivity index is 3.35. The Morgan fingerprint density at radius 1 is 1.12 bits per heavy atom. The molecule has 0 saturated heterocycles. The maximum atomic E-state index is 11.3. The fraction of sp³-hybridized carbons (Fsp3) is 0.923. The van der Waals surface area contributed by atoms with Crippen molar-refractivity contribution >= 4 is 5.91 Å². The zero-order valence-electron chi connectivity index (χ0n) is 11.5. The van der Waals surface area contributed by atoms with E-state index in [2.05, 4.69) is 31.6 Å². The largest absolute Gasteiger partial charge is 0.291 e. The van der Waals surface area contributed by atoms with Crippen LogP contribution < -0.4 is 10.9 Å². The summed E-state index contributed by atoms with van der Waals surface area (Å²) in [5, 5.41) is 0. The third-order valence-corrected chi connectivity index (χ3v) is 2.33. The summed E-state index contributed by atoms with van der Waals surface area (Å²) < 4.78 is 0. The van der Waals surface area contributed by atoms with Crippen molar-refractivity contribution in [1.29, 1.82) is 0 Å². The predicted molar refractivity (Wildman–Crippen MR) is 69.0 cm³/mol. The molecule has 0 fully saturated rings. The fourth-order valence-electron chi connectivity index (χ4n) is 1.40. The molecule has 16 heavy (non-hydrogen) atoms. The lowest BCUT2D eigenvalue weighted by Gasteiger charge is -2.17. The van der Waals surface area contributed by atoms with Crippen molar-refractivity contribution in [3.8, 4) is 0 Å². The molecule has 0 aromatic heterocycles. The summed E-state index contributed by atoms with van der Waals surface area (Å²) in [5.41, 5.74) is 6.03. The van der Waals surface area contributed by atoms with Crippen LogP contribution in [-0.2, 0) is 4.79 Å². The van der Waals surface area contributed by atoms with Crippen molar-refractivity contribution in [1.82, 2.24) is 10.9 Å². The third-order valence-electron chi connectivity index (χ3n) is 2.33. The number of hydrazine groups is 1. The van der Waals surface area contributed by atoms with Crippen molar-refractivity contribution in [2.75, 3.05) is 0 Å². The highest BCUT2D eigenvalue weighted by atomic mass is 16.2. The van der Waals surface area contributed by atoms with Crippen LogP contribution in [0.5, 0.6) is 0 Å². The van der Waals surface area contributed by atoms with Gasteiger partial charge in [-0.3, -0.25) is 10.2 Å². The second-order valence-electron chi connectivity index (χ2n) is 5.97. The Morgan fingerprint density at radius 2 is 1.75 bits per heavy atom. The predicted octanol–water partition coefficient (Wildman–Crippen LogP) is 3.01. The molecule has 0 unspecified atom stereocenters. The molecular weight excluding hydrogens is 200 g/mol. The molecule has 3 heteroatoms. The number of carbonyl (C=O) groups excluding carboxylic acids is 1. The number of unbranched alkanes of at least 4 members (excludes halogenated alkanes) is 2. The van der Waals surface area contributed by atoms with Gasteiger partial charge in [-0.2, -0.15) is 0 Å². The van der Waals surface area contributed by atoms with Gasteiger partial charge in [0, 0.05) is 12.5 Å². The van der Waals surface area contributed by atoms with E-state index in [1.165, 1.54) is 12.8 Å². The summed E-state index contributed by atoms with van der Waals surface area (Å²) in [6.07, 6.45) is 5.21. The van der Waals surface area contributed by atoms with Crippen LogP contribution in [-0.4, -0.2) is 11.9 Å². The van der Waals surface area contributed by atoms with E-state index in [9.17, 15) is 4.79 Å². The van der Waals surface area contributed by atoms with Crippen molar-refractivity contribution in [2.24, 2.45) is 5.41 Å². The highest BCUT2D eigenvalue weighted by Gasteiger charge is 2.09. The lowest BCUT2D eigenvalue weighted by molar-refractivity contribution is -0.122. The second kappa shape index (κ2) is 7.66. The van der Waals surface area contributed by atoms with Crippen LogP contribution in [0.1, 0.15) is 66.7 Å². The molecule has 0 heterocycles. The fourth-order valence-corrected chi connectivity index (χ4v) is 1.40. The quantitative estimate of drug-likeness (QED) is 0.519. The van der Waals surface area contributed by atoms with E-state index in [1.54, 1.807) is 0 Å². The summed E-state index contributed by atoms with van der Waals surface area (Å²) in [4.78, 5) is 11.3. The molecule has 0 aromatic rings. The van der Waals surface area contributed by atoms with Crippen LogP contribution >= 0.6 is 0 Å². The van der Waals surface area contributed by atoms with Gasteiger partial charge in [-0.05, 0) is 32.1 Å². The maximum absolute atomic E-state index is 11.3. The van der Waals surface area contributed by atoms with Crippen LogP contribution in [0.15, 0.2) is 0 Å². The number of nitrogens with one attached hydrogen (secondary N) is 2. The topological polar surface area (TPSA) is 41.1 Å². The van der Waals surface area contributed by atoms with Crippen LogP contribution in [0.25, 0.3) is 0 Å². The minimum Gasteiger partial charge on any atom is -0.291 e. The van der Waals surface area contributed by atoms with Crippen molar-refractivity contribution in [2.45, 2.75) is 72.8 Å². The molecule has 0 rings (SSSR count). The van der Waals surface area contributed by atoms with E-state index in [0.717, 1.165) is 12.8 Å². The van der Waals surface area contributed by atoms with Crippen LogP contribution in [0.4, 0.5) is 0 Å². The van der Waals surface area contributed by atoms with Gasteiger partial charge in [0.15, 0.2) is 0 Å². The zero-order valence-corrected chi connectivity index (χ0v) is 11.5. The molecule has 96 valence electrons. The summed E-state index contributed by atoms with van der Waals surface area (Å²) >= 11 is 0. The molecule has 0 atom stereocenters. The van der Waals surface area contributed by atoms with Gasteiger partial charge in [0.05, 0.1) is 0 Å². The summed E-state index contributed by atoms with van der Waals surface area (Å²) in [6.45, 7) is 10.8. The number of carbonyl (C=O) groups is 1. The van der Waals surface area contributed by atoms with Gasteiger partial charge in [0.2, 0.25) is 5.91 Å². The van der Waals surface area contributed by atoms with Crippen LogP contribution in [0.3, 0.4) is 0 Å². The number of rotatable bonds is 7. The first-order valence-electron chi connectivity index (χ1n) is 6.35. The van der Waals surface area contributed by atoms with Crippen LogP contribution in [0, 0.1) is 5.41 Å². The molecule has 2 N–H and O–H groups in total. The molecule has 0 spiro atoms. The Morgan fingerprint density at radius 3 is 2.25 bits per heavy atom. The molecule has 3 nitrogen and oxygen atoms in total. The van der Waals surface area contributed by atoms with Crippen molar-refractivity contribution in [3.63, 3.8) is 0 Å². The molecular formula is C13H28N2O. The molecule has 0 aliphatic rings. The highest BCUT2D eigenvalue weighted by Crippen LogP contribution is 2.22. The van der Waals surface area contributed by atoms with Gasteiger partial charge in [0.25, 0.3) is 0 Å². The van der Waals surface area contributed by atoms with Crippen LogP contribution in [0.2, 0.25) is 0 Å². The Kier molecular flexibility index (Phi) is 7.39. The highest BCUT2D eigenvalue weighted by molar-refractivity contribution is 5.75. The molecule has 0 radical (unpaired) electrons. The summed E-state index contributed by atoms with van der Waals surface area (Å²) in [7, 11) is 0. The lowest BCUT2D eigenvalue weighted by Crippen LogP contribution is -2.41. The van der Waals surface area contributed by atoms with Gasteiger partial charge in [-0.25, -0.2) is 5.43 Å². The van der Waals surface area contributed by atoms with Crippen molar-refractivity contribution in [3.05, 3.63) is 0 Å². The van der Waals surface area contributed by atoms with Gasteiger partial charge in [-0.1, -0.05) is 33.6 Å². The van der Waals surface area contributed by atoms with E-state index >= 15 is 0 Å². The molecule has 0 aromatic carbocycles. The second-order valence-corrected chi connectivity index (χ2v) is 5.97. The smallest absolute Gasteiger partial charge is 0.234 e.